The standard InChI is InChI=1S/C15H18BrNS2/c1-3-17-15(12-7-11(2)18-9-12)10-19-14-6-4-5-13(16)8-14/h4-9,15,17H,3,10H2,1-2H3. The molecule has 0 saturated heterocycles. The summed E-state index contributed by atoms with van der Waals surface area (Å²) in [4.78, 5) is 2.69. The smallest absolute Gasteiger partial charge is 0.0423 e. The van der Waals surface area contributed by atoms with Gasteiger partial charge in [0, 0.05) is 26.0 Å². The zero-order valence-electron chi connectivity index (χ0n) is 11.2. The van der Waals surface area contributed by atoms with E-state index in [1.165, 1.54) is 15.3 Å². The largest absolute Gasteiger partial charge is 0.309 e. The summed E-state index contributed by atoms with van der Waals surface area (Å²) in [6.07, 6.45) is 0. The summed E-state index contributed by atoms with van der Waals surface area (Å²) in [6, 6.07) is 11.2. The molecule has 4 heteroatoms. The van der Waals surface area contributed by atoms with Gasteiger partial charge in [0.25, 0.3) is 0 Å². The van der Waals surface area contributed by atoms with Crippen LogP contribution in [-0.2, 0) is 0 Å². The van der Waals surface area contributed by atoms with Crippen LogP contribution in [-0.4, -0.2) is 12.3 Å². The maximum absolute atomic E-state index is 3.57. The SMILES string of the molecule is CCNC(CSc1cccc(Br)c1)c1csc(C)c1. The molecule has 1 aromatic heterocycles. The average molecular weight is 356 g/mol. The minimum atomic E-state index is 0.430. The predicted octanol–water partition coefficient (Wildman–Crippen LogP) is 5.26. The molecule has 1 atom stereocenters. The van der Waals surface area contributed by atoms with E-state index in [2.05, 4.69) is 70.8 Å². The highest BCUT2D eigenvalue weighted by molar-refractivity contribution is 9.10. The molecule has 0 spiro atoms. The highest BCUT2D eigenvalue weighted by Crippen LogP contribution is 2.28. The van der Waals surface area contributed by atoms with Crippen molar-refractivity contribution in [1.82, 2.24) is 5.32 Å². The Morgan fingerprint density at radius 1 is 1.37 bits per heavy atom. The first-order valence-corrected chi connectivity index (χ1v) is 9.01. The molecule has 1 nitrogen and oxygen atoms in total. The second-order valence-electron chi connectivity index (χ2n) is 4.37. The van der Waals surface area contributed by atoms with Crippen molar-refractivity contribution in [3.63, 3.8) is 0 Å². The third kappa shape index (κ3) is 4.63. The van der Waals surface area contributed by atoms with Crippen LogP contribution in [0, 0.1) is 6.92 Å². The van der Waals surface area contributed by atoms with Gasteiger partial charge in [0.05, 0.1) is 0 Å². The molecule has 1 unspecified atom stereocenters. The molecule has 0 bridgehead atoms. The van der Waals surface area contributed by atoms with E-state index in [4.69, 9.17) is 0 Å². The minimum Gasteiger partial charge on any atom is -0.309 e. The van der Waals surface area contributed by atoms with Crippen molar-refractivity contribution in [3.8, 4) is 0 Å². The van der Waals surface area contributed by atoms with Crippen LogP contribution in [0.5, 0.6) is 0 Å². The van der Waals surface area contributed by atoms with E-state index in [9.17, 15) is 0 Å². The number of aryl methyl sites for hydroxylation is 1. The lowest BCUT2D eigenvalue weighted by Gasteiger charge is -2.16. The molecule has 0 aliphatic rings. The fraction of sp³-hybridized carbons (Fsp3) is 0.333. The van der Waals surface area contributed by atoms with Crippen LogP contribution >= 0.6 is 39.0 Å². The molecule has 0 aliphatic heterocycles. The highest BCUT2D eigenvalue weighted by Gasteiger charge is 2.12. The van der Waals surface area contributed by atoms with Gasteiger partial charge in [-0.15, -0.1) is 23.1 Å². The van der Waals surface area contributed by atoms with Crippen molar-refractivity contribution in [2.24, 2.45) is 0 Å². The van der Waals surface area contributed by atoms with Gasteiger partial charge in [-0.2, -0.15) is 0 Å². The highest BCUT2D eigenvalue weighted by atomic mass is 79.9. The fourth-order valence-corrected chi connectivity index (χ4v) is 4.27. The molecule has 0 aliphatic carbocycles. The molecular formula is C15H18BrNS2. The summed E-state index contributed by atoms with van der Waals surface area (Å²) < 4.78 is 1.14. The van der Waals surface area contributed by atoms with E-state index in [0.717, 1.165) is 16.8 Å². The Balaban J connectivity index is 2.01. The topological polar surface area (TPSA) is 12.0 Å². The quantitative estimate of drug-likeness (QED) is 0.709. The van der Waals surface area contributed by atoms with Crippen LogP contribution in [0.3, 0.4) is 0 Å². The van der Waals surface area contributed by atoms with Crippen molar-refractivity contribution in [2.75, 3.05) is 12.3 Å². The molecule has 102 valence electrons. The monoisotopic (exact) mass is 355 g/mol. The summed E-state index contributed by atoms with van der Waals surface area (Å²) in [7, 11) is 0. The molecule has 0 radical (unpaired) electrons. The molecule has 1 heterocycles. The molecule has 19 heavy (non-hydrogen) atoms. The molecule has 2 rings (SSSR count). The number of thioether (sulfide) groups is 1. The molecular weight excluding hydrogens is 338 g/mol. The van der Waals surface area contributed by atoms with Crippen molar-refractivity contribution in [2.45, 2.75) is 24.8 Å². The van der Waals surface area contributed by atoms with E-state index < -0.39 is 0 Å². The van der Waals surface area contributed by atoms with E-state index in [-0.39, 0.29) is 0 Å². The van der Waals surface area contributed by atoms with Gasteiger partial charge in [-0.05, 0) is 48.7 Å². The van der Waals surface area contributed by atoms with E-state index >= 15 is 0 Å². The number of hydrogen-bond donors (Lipinski definition) is 1. The predicted molar refractivity (Wildman–Crippen MR) is 90.3 cm³/mol. The van der Waals surface area contributed by atoms with Gasteiger partial charge in [-0.3, -0.25) is 0 Å². The van der Waals surface area contributed by atoms with Gasteiger partial charge < -0.3 is 5.32 Å². The van der Waals surface area contributed by atoms with Crippen molar-refractivity contribution in [3.05, 3.63) is 50.6 Å². The summed E-state index contributed by atoms with van der Waals surface area (Å²) in [5, 5.41) is 5.84. The summed E-state index contributed by atoms with van der Waals surface area (Å²) in [6.45, 7) is 5.33. The second-order valence-corrected chi connectivity index (χ2v) is 7.49. The lowest BCUT2D eigenvalue weighted by Crippen LogP contribution is -2.22. The van der Waals surface area contributed by atoms with E-state index in [0.29, 0.717) is 6.04 Å². The minimum absolute atomic E-state index is 0.430. The number of nitrogens with one attached hydrogen (secondary N) is 1. The number of hydrogen-bond acceptors (Lipinski definition) is 3. The Morgan fingerprint density at radius 3 is 2.84 bits per heavy atom. The summed E-state index contributed by atoms with van der Waals surface area (Å²) in [5.74, 6) is 1.06. The lowest BCUT2D eigenvalue weighted by molar-refractivity contribution is 0.607. The van der Waals surface area contributed by atoms with Crippen molar-refractivity contribution in [1.29, 1.82) is 0 Å². The average Bonchev–Trinajstić information content (AvgIpc) is 2.81. The molecule has 1 N–H and O–H groups in total. The van der Waals surface area contributed by atoms with Crippen LogP contribution in [0.25, 0.3) is 0 Å². The van der Waals surface area contributed by atoms with Crippen LogP contribution in [0.1, 0.15) is 23.4 Å². The number of rotatable bonds is 6. The van der Waals surface area contributed by atoms with Gasteiger partial charge >= 0.3 is 0 Å². The zero-order valence-corrected chi connectivity index (χ0v) is 14.4. The van der Waals surface area contributed by atoms with Crippen LogP contribution in [0.4, 0.5) is 0 Å². The lowest BCUT2D eigenvalue weighted by atomic mass is 10.2. The number of benzene rings is 1. The fourth-order valence-electron chi connectivity index (χ4n) is 1.90. The van der Waals surface area contributed by atoms with Gasteiger partial charge in [0.1, 0.15) is 0 Å². The summed E-state index contributed by atoms with van der Waals surface area (Å²) >= 11 is 7.25. The number of thiophene rings is 1. The van der Waals surface area contributed by atoms with Crippen LogP contribution in [0.15, 0.2) is 45.1 Å². The van der Waals surface area contributed by atoms with E-state index in [1.54, 1.807) is 0 Å². The second kappa shape index (κ2) is 7.48. The summed E-state index contributed by atoms with van der Waals surface area (Å²) in [5.41, 5.74) is 1.41. The third-order valence-electron chi connectivity index (χ3n) is 2.82. The van der Waals surface area contributed by atoms with Gasteiger partial charge in [0.2, 0.25) is 0 Å². The Kier molecular flexibility index (Phi) is 5.95. The third-order valence-corrected chi connectivity index (χ3v) is 5.28. The molecule has 0 amide bonds. The van der Waals surface area contributed by atoms with Gasteiger partial charge in [0.15, 0.2) is 0 Å². The molecule has 0 saturated carbocycles. The van der Waals surface area contributed by atoms with Crippen LogP contribution in [0.2, 0.25) is 0 Å². The first kappa shape index (κ1) is 15.1. The zero-order chi connectivity index (χ0) is 13.7. The Bertz CT molecular complexity index is 524. The molecule has 0 fully saturated rings. The van der Waals surface area contributed by atoms with Crippen molar-refractivity contribution < 1.29 is 0 Å². The Labute approximate surface area is 131 Å². The van der Waals surface area contributed by atoms with Crippen LogP contribution < -0.4 is 5.32 Å². The van der Waals surface area contributed by atoms with E-state index in [1.807, 2.05) is 23.1 Å². The van der Waals surface area contributed by atoms with Gasteiger partial charge in [-0.1, -0.05) is 28.9 Å². The Morgan fingerprint density at radius 2 is 2.21 bits per heavy atom. The molecule has 1 aromatic carbocycles. The number of halogens is 1. The first-order chi connectivity index (χ1) is 9.19. The maximum atomic E-state index is 3.57. The van der Waals surface area contributed by atoms with Gasteiger partial charge in [-0.25, -0.2) is 0 Å². The molecule has 2 aromatic rings. The maximum Gasteiger partial charge on any atom is 0.0423 e. The Hall–Kier alpha value is -0.290. The normalized spacial score (nSPS) is 12.6. The first-order valence-electron chi connectivity index (χ1n) is 6.36. The van der Waals surface area contributed by atoms with Crippen molar-refractivity contribution >= 4 is 39.0 Å².